The first-order valence-corrected chi connectivity index (χ1v) is 12.9. The minimum atomic E-state index is -0.424. The Morgan fingerprint density at radius 2 is 1.34 bits per heavy atom. The van der Waals surface area contributed by atoms with Gasteiger partial charge in [-0.2, -0.15) is 0 Å². The van der Waals surface area contributed by atoms with Gasteiger partial charge in [-0.05, 0) is 37.7 Å². The Labute approximate surface area is 197 Å². The van der Waals surface area contributed by atoms with E-state index in [9.17, 15) is 9.59 Å². The molecule has 4 heteroatoms. The summed E-state index contributed by atoms with van der Waals surface area (Å²) in [6.45, 7) is 12.4. The van der Waals surface area contributed by atoms with Gasteiger partial charge in [-0.3, -0.25) is 9.59 Å². The fraction of sp³-hybridized carbons (Fsp3) is 0.786. The molecule has 0 aromatic carbocycles. The summed E-state index contributed by atoms with van der Waals surface area (Å²) in [5.74, 6) is 5.68. The minimum absolute atomic E-state index is 0.205. The molecule has 0 aliphatic heterocycles. The van der Waals surface area contributed by atoms with E-state index < -0.39 is 6.10 Å². The van der Waals surface area contributed by atoms with E-state index in [-0.39, 0.29) is 24.8 Å². The number of rotatable bonds is 19. The molecule has 0 fully saturated rings. The second kappa shape index (κ2) is 21.1. The highest BCUT2D eigenvalue weighted by atomic mass is 16.5. The van der Waals surface area contributed by atoms with Crippen LogP contribution >= 0.6 is 0 Å². The zero-order valence-corrected chi connectivity index (χ0v) is 21.3. The molecule has 0 amide bonds. The van der Waals surface area contributed by atoms with Gasteiger partial charge < -0.3 is 9.47 Å². The van der Waals surface area contributed by atoms with E-state index in [2.05, 4.69) is 39.2 Å². The number of ether oxygens (including phenoxy) is 2. The number of esters is 2. The van der Waals surface area contributed by atoms with E-state index in [1.807, 2.05) is 6.92 Å². The van der Waals surface area contributed by atoms with E-state index in [0.717, 1.165) is 18.4 Å². The maximum absolute atomic E-state index is 12.1. The third-order valence-electron chi connectivity index (χ3n) is 5.18. The van der Waals surface area contributed by atoms with E-state index in [1.165, 1.54) is 57.8 Å². The van der Waals surface area contributed by atoms with E-state index in [1.54, 1.807) is 0 Å². The SMILES string of the molecule is C=C(C)C#CC(CC(C)C)OC(=O)CCCC(=O)OCCCCCCCCCCCCC. The topological polar surface area (TPSA) is 52.6 Å². The van der Waals surface area contributed by atoms with Crippen molar-refractivity contribution in [2.45, 2.75) is 130 Å². The fourth-order valence-electron chi connectivity index (χ4n) is 3.39. The van der Waals surface area contributed by atoms with Crippen LogP contribution in [0.5, 0.6) is 0 Å². The molecular formula is C28H48O4. The Hall–Kier alpha value is -1.76. The van der Waals surface area contributed by atoms with Gasteiger partial charge in [0.25, 0.3) is 0 Å². The predicted molar refractivity (Wildman–Crippen MR) is 133 cm³/mol. The highest BCUT2D eigenvalue weighted by molar-refractivity contribution is 5.72. The van der Waals surface area contributed by atoms with Crippen molar-refractivity contribution in [3.05, 3.63) is 12.2 Å². The van der Waals surface area contributed by atoms with Crippen LogP contribution in [-0.2, 0) is 19.1 Å². The maximum Gasteiger partial charge on any atom is 0.307 e. The van der Waals surface area contributed by atoms with Crippen molar-refractivity contribution < 1.29 is 19.1 Å². The molecule has 0 saturated heterocycles. The molecule has 32 heavy (non-hydrogen) atoms. The Morgan fingerprint density at radius 3 is 1.88 bits per heavy atom. The molecule has 184 valence electrons. The second-order valence-corrected chi connectivity index (χ2v) is 9.27. The summed E-state index contributed by atoms with van der Waals surface area (Å²) in [5.41, 5.74) is 0.746. The van der Waals surface area contributed by atoms with Gasteiger partial charge in [0.1, 0.15) is 0 Å². The molecule has 0 aliphatic carbocycles. The van der Waals surface area contributed by atoms with Crippen LogP contribution in [0.3, 0.4) is 0 Å². The van der Waals surface area contributed by atoms with E-state index in [0.29, 0.717) is 25.4 Å². The number of carbonyl (C=O) groups excluding carboxylic acids is 2. The third-order valence-corrected chi connectivity index (χ3v) is 5.18. The van der Waals surface area contributed by atoms with Crippen molar-refractivity contribution in [3.63, 3.8) is 0 Å². The van der Waals surface area contributed by atoms with Crippen LogP contribution in [0.4, 0.5) is 0 Å². The minimum Gasteiger partial charge on any atom is -0.466 e. The molecule has 0 N–H and O–H groups in total. The van der Waals surface area contributed by atoms with Crippen molar-refractivity contribution >= 4 is 11.9 Å². The molecule has 1 unspecified atom stereocenters. The molecule has 0 saturated carbocycles. The number of unbranched alkanes of at least 4 members (excludes halogenated alkanes) is 10. The average molecular weight is 449 g/mol. The van der Waals surface area contributed by atoms with Crippen LogP contribution in [-0.4, -0.2) is 24.6 Å². The van der Waals surface area contributed by atoms with Crippen molar-refractivity contribution in [1.29, 1.82) is 0 Å². The molecule has 0 radical (unpaired) electrons. The van der Waals surface area contributed by atoms with Crippen molar-refractivity contribution in [3.8, 4) is 11.8 Å². The summed E-state index contributed by atoms with van der Waals surface area (Å²) < 4.78 is 10.7. The fourth-order valence-corrected chi connectivity index (χ4v) is 3.39. The summed E-state index contributed by atoms with van der Waals surface area (Å²) >= 11 is 0. The van der Waals surface area contributed by atoms with Crippen LogP contribution in [0.2, 0.25) is 0 Å². The lowest BCUT2D eigenvalue weighted by atomic mass is 10.1. The Kier molecular flexibility index (Phi) is 19.9. The van der Waals surface area contributed by atoms with Gasteiger partial charge in [0, 0.05) is 12.8 Å². The molecule has 0 aromatic rings. The molecule has 0 bridgehead atoms. The number of hydrogen-bond acceptors (Lipinski definition) is 4. The lowest BCUT2D eigenvalue weighted by molar-refractivity contribution is -0.147. The summed E-state index contributed by atoms with van der Waals surface area (Å²) in [6, 6.07) is 0. The lowest BCUT2D eigenvalue weighted by Gasteiger charge is -2.14. The average Bonchev–Trinajstić information content (AvgIpc) is 2.72. The Bertz CT molecular complexity index is 568. The summed E-state index contributed by atoms with van der Waals surface area (Å²) in [6.07, 6.45) is 15.1. The number of allylic oxidation sites excluding steroid dienone is 1. The number of hydrogen-bond donors (Lipinski definition) is 0. The zero-order valence-electron chi connectivity index (χ0n) is 21.3. The molecule has 0 spiro atoms. The quantitative estimate of drug-likeness (QED) is 0.116. The van der Waals surface area contributed by atoms with Gasteiger partial charge >= 0.3 is 11.9 Å². The zero-order chi connectivity index (χ0) is 24.0. The van der Waals surface area contributed by atoms with Crippen molar-refractivity contribution in [2.75, 3.05) is 6.61 Å². The first-order chi connectivity index (χ1) is 15.3. The molecule has 0 heterocycles. The molecule has 4 nitrogen and oxygen atoms in total. The third kappa shape index (κ3) is 21.5. The first-order valence-electron chi connectivity index (χ1n) is 12.9. The molecule has 0 aliphatic rings. The number of carbonyl (C=O) groups is 2. The van der Waals surface area contributed by atoms with Gasteiger partial charge in [0.05, 0.1) is 6.61 Å². The lowest BCUT2D eigenvalue weighted by Crippen LogP contribution is -2.19. The molecule has 0 rings (SSSR count). The summed E-state index contributed by atoms with van der Waals surface area (Å²) in [5, 5.41) is 0. The normalized spacial score (nSPS) is 11.5. The molecule has 1 atom stereocenters. The van der Waals surface area contributed by atoms with Gasteiger partial charge in [-0.15, -0.1) is 0 Å². The van der Waals surface area contributed by atoms with Crippen LogP contribution in [0.15, 0.2) is 12.2 Å². The van der Waals surface area contributed by atoms with Crippen molar-refractivity contribution in [1.82, 2.24) is 0 Å². The summed E-state index contributed by atoms with van der Waals surface area (Å²) in [7, 11) is 0. The van der Waals surface area contributed by atoms with E-state index >= 15 is 0 Å². The summed E-state index contributed by atoms with van der Waals surface area (Å²) in [4.78, 5) is 23.9. The van der Waals surface area contributed by atoms with Gasteiger partial charge in [-0.25, -0.2) is 0 Å². The van der Waals surface area contributed by atoms with Crippen LogP contribution in [0.1, 0.15) is 124 Å². The molecule has 0 aromatic heterocycles. The van der Waals surface area contributed by atoms with Gasteiger partial charge in [0.2, 0.25) is 0 Å². The first kappa shape index (κ1) is 30.2. The maximum atomic E-state index is 12.1. The smallest absolute Gasteiger partial charge is 0.307 e. The van der Waals surface area contributed by atoms with Crippen molar-refractivity contribution in [2.24, 2.45) is 5.92 Å². The van der Waals surface area contributed by atoms with Crippen LogP contribution < -0.4 is 0 Å². The Balaban J connectivity index is 3.72. The standard InChI is InChI=1S/C28H48O4/c1-6-7-8-9-10-11-12-13-14-15-16-22-31-27(29)18-17-19-28(30)32-26(23-25(4)5)21-20-24(2)3/h25-26H,2,6-19,22-23H2,1,3-5H3. The Morgan fingerprint density at radius 1 is 0.812 bits per heavy atom. The second-order valence-electron chi connectivity index (χ2n) is 9.27. The van der Waals surface area contributed by atoms with Gasteiger partial charge in [-0.1, -0.05) is 103 Å². The monoisotopic (exact) mass is 448 g/mol. The molecular weight excluding hydrogens is 400 g/mol. The largest absolute Gasteiger partial charge is 0.466 e. The highest BCUT2D eigenvalue weighted by Crippen LogP contribution is 2.12. The highest BCUT2D eigenvalue weighted by Gasteiger charge is 2.14. The van der Waals surface area contributed by atoms with Crippen LogP contribution in [0, 0.1) is 17.8 Å². The van der Waals surface area contributed by atoms with Crippen LogP contribution in [0.25, 0.3) is 0 Å². The predicted octanol–water partition coefficient (Wildman–Crippen LogP) is 7.55. The van der Waals surface area contributed by atoms with E-state index in [4.69, 9.17) is 9.47 Å². The van der Waals surface area contributed by atoms with Gasteiger partial charge in [0.15, 0.2) is 6.10 Å².